The van der Waals surface area contributed by atoms with Crippen LogP contribution in [0.5, 0.6) is 0 Å². The SMILES string of the molecule is Cc1ccccc1N(C=O)CCN1CCOCC1. The molecule has 1 aromatic carbocycles. The van der Waals surface area contributed by atoms with Crippen molar-refractivity contribution in [3.8, 4) is 0 Å². The summed E-state index contributed by atoms with van der Waals surface area (Å²) in [5, 5.41) is 0. The van der Waals surface area contributed by atoms with E-state index in [0.717, 1.165) is 57.1 Å². The first-order valence-corrected chi connectivity index (χ1v) is 6.39. The molecular formula is C14H20N2O2. The molecule has 1 fully saturated rings. The quantitative estimate of drug-likeness (QED) is 0.736. The number of hydrogen-bond acceptors (Lipinski definition) is 3. The number of morpholine rings is 1. The highest BCUT2D eigenvalue weighted by molar-refractivity contribution is 5.76. The minimum Gasteiger partial charge on any atom is -0.379 e. The Morgan fingerprint density at radius 1 is 1.33 bits per heavy atom. The van der Waals surface area contributed by atoms with Crippen LogP contribution in [0, 0.1) is 6.92 Å². The molecule has 1 amide bonds. The molecule has 0 aliphatic carbocycles. The second kappa shape index (κ2) is 6.52. The first-order valence-electron chi connectivity index (χ1n) is 6.39. The average molecular weight is 248 g/mol. The first-order chi connectivity index (χ1) is 8.81. The fraction of sp³-hybridized carbons (Fsp3) is 0.500. The predicted molar refractivity (Wildman–Crippen MR) is 71.8 cm³/mol. The Labute approximate surface area is 108 Å². The number of para-hydroxylation sites is 1. The van der Waals surface area contributed by atoms with Crippen molar-refractivity contribution in [3.05, 3.63) is 29.8 Å². The summed E-state index contributed by atoms with van der Waals surface area (Å²) in [6, 6.07) is 7.97. The molecule has 0 N–H and O–H groups in total. The van der Waals surface area contributed by atoms with Gasteiger partial charge in [0, 0.05) is 31.9 Å². The molecular weight excluding hydrogens is 228 g/mol. The molecule has 1 saturated heterocycles. The van der Waals surface area contributed by atoms with Gasteiger partial charge in [-0.15, -0.1) is 0 Å². The van der Waals surface area contributed by atoms with E-state index in [1.807, 2.05) is 31.2 Å². The van der Waals surface area contributed by atoms with Crippen LogP contribution in [-0.4, -0.2) is 50.7 Å². The summed E-state index contributed by atoms with van der Waals surface area (Å²) >= 11 is 0. The maximum atomic E-state index is 11.2. The van der Waals surface area contributed by atoms with E-state index < -0.39 is 0 Å². The van der Waals surface area contributed by atoms with Crippen LogP contribution < -0.4 is 4.90 Å². The summed E-state index contributed by atoms with van der Waals surface area (Å²) in [5.41, 5.74) is 2.13. The molecule has 18 heavy (non-hydrogen) atoms. The predicted octanol–water partition coefficient (Wildman–Crippen LogP) is 1.29. The van der Waals surface area contributed by atoms with Crippen molar-refractivity contribution in [3.63, 3.8) is 0 Å². The molecule has 0 radical (unpaired) electrons. The third kappa shape index (κ3) is 3.31. The molecule has 0 spiro atoms. The van der Waals surface area contributed by atoms with Gasteiger partial charge in [0.1, 0.15) is 0 Å². The molecule has 4 heteroatoms. The summed E-state index contributed by atoms with van der Waals surface area (Å²) in [5.74, 6) is 0. The first kappa shape index (κ1) is 13.1. The van der Waals surface area contributed by atoms with Crippen LogP contribution in [0.15, 0.2) is 24.3 Å². The topological polar surface area (TPSA) is 32.8 Å². The molecule has 0 unspecified atom stereocenters. The number of nitrogens with zero attached hydrogens (tertiary/aromatic N) is 2. The maximum absolute atomic E-state index is 11.2. The fourth-order valence-corrected chi connectivity index (χ4v) is 2.19. The zero-order valence-electron chi connectivity index (χ0n) is 10.8. The summed E-state index contributed by atoms with van der Waals surface area (Å²) in [7, 11) is 0. The van der Waals surface area contributed by atoms with Crippen molar-refractivity contribution in [2.75, 3.05) is 44.3 Å². The summed E-state index contributed by atoms with van der Waals surface area (Å²) in [6.07, 6.45) is 0.919. The van der Waals surface area contributed by atoms with Gasteiger partial charge in [-0.05, 0) is 18.6 Å². The molecule has 1 aliphatic rings. The van der Waals surface area contributed by atoms with Gasteiger partial charge in [0.2, 0.25) is 6.41 Å². The van der Waals surface area contributed by atoms with Gasteiger partial charge in [-0.3, -0.25) is 9.69 Å². The number of aryl methyl sites for hydroxylation is 1. The number of ether oxygens (including phenoxy) is 1. The average Bonchev–Trinajstić information content (AvgIpc) is 2.42. The Morgan fingerprint density at radius 2 is 2.06 bits per heavy atom. The molecule has 1 heterocycles. The Hall–Kier alpha value is -1.39. The summed E-state index contributed by atoms with van der Waals surface area (Å²) < 4.78 is 5.31. The zero-order chi connectivity index (χ0) is 12.8. The van der Waals surface area contributed by atoms with Crippen LogP contribution in [0.2, 0.25) is 0 Å². The van der Waals surface area contributed by atoms with E-state index in [9.17, 15) is 4.79 Å². The van der Waals surface area contributed by atoms with Crippen molar-refractivity contribution in [2.24, 2.45) is 0 Å². The monoisotopic (exact) mass is 248 g/mol. The van der Waals surface area contributed by atoms with Gasteiger partial charge in [-0.25, -0.2) is 0 Å². The number of carbonyl (C=O) groups is 1. The number of rotatable bonds is 5. The van der Waals surface area contributed by atoms with E-state index in [0.29, 0.717) is 0 Å². The van der Waals surface area contributed by atoms with Gasteiger partial charge in [0.15, 0.2) is 0 Å². The van der Waals surface area contributed by atoms with Crippen molar-refractivity contribution in [2.45, 2.75) is 6.92 Å². The van der Waals surface area contributed by atoms with Crippen LogP contribution in [-0.2, 0) is 9.53 Å². The third-order valence-electron chi connectivity index (χ3n) is 3.31. The third-order valence-corrected chi connectivity index (χ3v) is 3.31. The largest absolute Gasteiger partial charge is 0.379 e. The molecule has 0 bridgehead atoms. The smallest absolute Gasteiger partial charge is 0.214 e. The second-order valence-corrected chi connectivity index (χ2v) is 4.54. The Morgan fingerprint density at radius 3 is 2.72 bits per heavy atom. The molecule has 1 aromatic rings. The molecule has 2 rings (SSSR count). The standard InChI is InChI=1S/C14H20N2O2/c1-13-4-2-3-5-14(13)16(12-17)7-6-15-8-10-18-11-9-15/h2-5,12H,6-11H2,1H3. The lowest BCUT2D eigenvalue weighted by molar-refractivity contribution is -0.107. The van der Waals surface area contributed by atoms with Crippen LogP contribution in [0.4, 0.5) is 5.69 Å². The number of hydrogen-bond donors (Lipinski definition) is 0. The Balaban J connectivity index is 1.93. The van der Waals surface area contributed by atoms with Crippen molar-refractivity contribution < 1.29 is 9.53 Å². The summed E-state index contributed by atoms with van der Waals surface area (Å²) in [4.78, 5) is 15.3. The highest BCUT2D eigenvalue weighted by Gasteiger charge is 2.13. The van der Waals surface area contributed by atoms with Crippen LogP contribution in [0.25, 0.3) is 0 Å². The van der Waals surface area contributed by atoms with E-state index in [4.69, 9.17) is 4.74 Å². The molecule has 98 valence electrons. The minimum atomic E-state index is 0.731. The second-order valence-electron chi connectivity index (χ2n) is 4.54. The van der Waals surface area contributed by atoms with Crippen LogP contribution in [0.3, 0.4) is 0 Å². The van der Waals surface area contributed by atoms with Gasteiger partial charge in [-0.1, -0.05) is 18.2 Å². The van der Waals surface area contributed by atoms with Crippen molar-refractivity contribution in [1.82, 2.24) is 4.90 Å². The van der Waals surface area contributed by atoms with Crippen LogP contribution >= 0.6 is 0 Å². The number of benzene rings is 1. The lowest BCUT2D eigenvalue weighted by atomic mass is 10.2. The van der Waals surface area contributed by atoms with E-state index in [2.05, 4.69) is 4.90 Å². The van der Waals surface area contributed by atoms with E-state index in [-0.39, 0.29) is 0 Å². The Kier molecular flexibility index (Phi) is 4.73. The lowest BCUT2D eigenvalue weighted by Crippen LogP contribution is -2.41. The normalized spacial score (nSPS) is 16.5. The van der Waals surface area contributed by atoms with E-state index in [1.54, 1.807) is 4.90 Å². The minimum absolute atomic E-state index is 0.731. The van der Waals surface area contributed by atoms with Crippen molar-refractivity contribution in [1.29, 1.82) is 0 Å². The highest BCUT2D eigenvalue weighted by Crippen LogP contribution is 2.17. The maximum Gasteiger partial charge on any atom is 0.214 e. The lowest BCUT2D eigenvalue weighted by Gasteiger charge is -2.29. The molecule has 0 atom stereocenters. The Bertz CT molecular complexity index is 389. The highest BCUT2D eigenvalue weighted by atomic mass is 16.5. The van der Waals surface area contributed by atoms with Gasteiger partial charge in [0.05, 0.1) is 13.2 Å². The van der Waals surface area contributed by atoms with Crippen molar-refractivity contribution >= 4 is 12.1 Å². The number of amides is 1. The van der Waals surface area contributed by atoms with Gasteiger partial charge in [0.25, 0.3) is 0 Å². The number of carbonyl (C=O) groups excluding carboxylic acids is 1. The number of anilines is 1. The van der Waals surface area contributed by atoms with E-state index >= 15 is 0 Å². The molecule has 0 aromatic heterocycles. The fourth-order valence-electron chi connectivity index (χ4n) is 2.19. The molecule has 0 saturated carbocycles. The molecule has 4 nitrogen and oxygen atoms in total. The molecule has 1 aliphatic heterocycles. The van der Waals surface area contributed by atoms with Crippen LogP contribution in [0.1, 0.15) is 5.56 Å². The van der Waals surface area contributed by atoms with Gasteiger partial charge >= 0.3 is 0 Å². The zero-order valence-corrected chi connectivity index (χ0v) is 10.8. The van der Waals surface area contributed by atoms with E-state index in [1.165, 1.54) is 0 Å². The van der Waals surface area contributed by atoms with Gasteiger partial charge in [-0.2, -0.15) is 0 Å². The summed E-state index contributed by atoms with van der Waals surface area (Å²) in [6.45, 7) is 7.17. The van der Waals surface area contributed by atoms with Gasteiger partial charge < -0.3 is 9.64 Å².